The van der Waals surface area contributed by atoms with E-state index in [0.717, 1.165) is 32.5 Å². The average molecular weight is 251 g/mol. The van der Waals surface area contributed by atoms with Crippen molar-refractivity contribution in [2.75, 3.05) is 37.7 Å². The fraction of sp³-hybridized carbons (Fsp3) is 0.571. The molecule has 0 atom stereocenters. The Bertz CT molecular complexity index is 412. The fourth-order valence-electron chi connectivity index (χ4n) is 2.33. The van der Waals surface area contributed by atoms with Gasteiger partial charge in [0.25, 0.3) is 0 Å². The van der Waals surface area contributed by atoms with E-state index < -0.39 is 0 Å². The Hall–Kier alpha value is -1.29. The van der Waals surface area contributed by atoms with Gasteiger partial charge in [0.15, 0.2) is 0 Å². The van der Waals surface area contributed by atoms with Gasteiger partial charge in [-0.2, -0.15) is 0 Å². The first kappa shape index (κ1) is 13.1. The maximum atomic E-state index is 13.3. The molecule has 0 aromatic heterocycles. The number of halogens is 1. The molecule has 1 aromatic rings. The van der Waals surface area contributed by atoms with Crippen LogP contribution in [0.15, 0.2) is 18.2 Å². The van der Waals surface area contributed by atoms with Crippen molar-refractivity contribution in [1.82, 2.24) is 4.90 Å². The van der Waals surface area contributed by atoms with Gasteiger partial charge in [-0.3, -0.25) is 0 Å². The zero-order valence-corrected chi connectivity index (χ0v) is 11.2. The molecule has 0 spiro atoms. The number of nitrogens with one attached hydrogen (secondary N) is 1. The molecule has 1 heterocycles. The van der Waals surface area contributed by atoms with Crippen molar-refractivity contribution in [2.45, 2.75) is 19.8 Å². The van der Waals surface area contributed by atoms with E-state index in [1.165, 1.54) is 6.07 Å². The largest absolute Gasteiger partial charge is 0.395 e. The van der Waals surface area contributed by atoms with E-state index in [1.807, 2.05) is 6.07 Å². The summed E-state index contributed by atoms with van der Waals surface area (Å²) in [5, 5.41) is 3.30. The van der Waals surface area contributed by atoms with Gasteiger partial charge in [-0.05, 0) is 50.5 Å². The number of para-hydroxylation sites is 1. The van der Waals surface area contributed by atoms with Gasteiger partial charge in [-0.15, -0.1) is 0 Å². The van der Waals surface area contributed by atoms with Crippen molar-refractivity contribution in [2.24, 2.45) is 5.41 Å². The zero-order valence-electron chi connectivity index (χ0n) is 11.2. The number of nitrogen functional groups attached to an aromatic ring is 1. The standard InChI is InChI=1S/C14H22FN3/c1-14(6-8-18(2)9-7-14)10-17-12-5-3-4-11(15)13(12)16/h3-5,17H,6-10,16H2,1-2H3. The van der Waals surface area contributed by atoms with Gasteiger partial charge in [0.05, 0.1) is 11.4 Å². The van der Waals surface area contributed by atoms with E-state index >= 15 is 0 Å². The van der Waals surface area contributed by atoms with E-state index in [1.54, 1.807) is 6.07 Å². The zero-order chi connectivity index (χ0) is 13.2. The van der Waals surface area contributed by atoms with Crippen LogP contribution in [0.1, 0.15) is 19.8 Å². The molecule has 1 fully saturated rings. The van der Waals surface area contributed by atoms with Crippen molar-refractivity contribution in [3.8, 4) is 0 Å². The first-order chi connectivity index (χ1) is 8.50. The Morgan fingerprint density at radius 1 is 1.39 bits per heavy atom. The summed E-state index contributed by atoms with van der Waals surface area (Å²) < 4.78 is 13.3. The summed E-state index contributed by atoms with van der Waals surface area (Å²) in [7, 11) is 2.15. The maximum Gasteiger partial charge on any atom is 0.148 e. The van der Waals surface area contributed by atoms with E-state index in [4.69, 9.17) is 5.73 Å². The lowest BCUT2D eigenvalue weighted by Crippen LogP contribution is -2.40. The molecule has 18 heavy (non-hydrogen) atoms. The van der Waals surface area contributed by atoms with Gasteiger partial charge in [-0.1, -0.05) is 13.0 Å². The predicted octanol–water partition coefficient (Wildman–Crippen LogP) is 2.55. The summed E-state index contributed by atoms with van der Waals surface area (Å²) in [6.07, 6.45) is 2.32. The lowest BCUT2D eigenvalue weighted by Gasteiger charge is -2.38. The van der Waals surface area contributed by atoms with Gasteiger partial charge in [0, 0.05) is 6.54 Å². The summed E-state index contributed by atoms with van der Waals surface area (Å²) in [5.41, 5.74) is 6.91. The minimum atomic E-state index is -0.353. The molecule has 1 aromatic carbocycles. The van der Waals surface area contributed by atoms with Crippen LogP contribution >= 0.6 is 0 Å². The molecule has 1 saturated heterocycles. The first-order valence-electron chi connectivity index (χ1n) is 6.47. The number of hydrogen-bond acceptors (Lipinski definition) is 3. The maximum absolute atomic E-state index is 13.3. The quantitative estimate of drug-likeness (QED) is 0.811. The van der Waals surface area contributed by atoms with Crippen molar-refractivity contribution in [3.63, 3.8) is 0 Å². The second kappa shape index (κ2) is 5.14. The normalized spacial score (nSPS) is 19.7. The third kappa shape index (κ3) is 2.93. The topological polar surface area (TPSA) is 41.3 Å². The Balaban J connectivity index is 1.97. The highest BCUT2D eigenvalue weighted by Gasteiger charge is 2.28. The number of benzene rings is 1. The van der Waals surface area contributed by atoms with Crippen molar-refractivity contribution in [1.29, 1.82) is 0 Å². The molecule has 3 nitrogen and oxygen atoms in total. The number of likely N-dealkylation sites (tertiary alicyclic amines) is 1. The van der Waals surface area contributed by atoms with Crippen LogP contribution in [0.4, 0.5) is 15.8 Å². The highest BCUT2D eigenvalue weighted by Crippen LogP contribution is 2.31. The van der Waals surface area contributed by atoms with E-state index in [9.17, 15) is 4.39 Å². The number of nitrogens with two attached hydrogens (primary N) is 1. The molecule has 1 aliphatic rings. The van der Waals surface area contributed by atoms with Crippen molar-refractivity contribution in [3.05, 3.63) is 24.0 Å². The number of piperidine rings is 1. The van der Waals surface area contributed by atoms with Crippen molar-refractivity contribution >= 4 is 11.4 Å². The molecular weight excluding hydrogens is 229 g/mol. The number of rotatable bonds is 3. The second-order valence-corrected chi connectivity index (χ2v) is 5.67. The molecule has 0 unspecified atom stereocenters. The average Bonchev–Trinajstić information content (AvgIpc) is 2.35. The molecule has 0 bridgehead atoms. The van der Waals surface area contributed by atoms with Crippen LogP contribution in [0.2, 0.25) is 0 Å². The molecule has 3 N–H and O–H groups in total. The summed E-state index contributed by atoms with van der Waals surface area (Å²) in [5.74, 6) is -0.353. The van der Waals surface area contributed by atoms with Crippen LogP contribution in [-0.4, -0.2) is 31.6 Å². The first-order valence-corrected chi connectivity index (χ1v) is 6.47. The Kier molecular flexibility index (Phi) is 3.76. The summed E-state index contributed by atoms with van der Waals surface area (Å²) in [6.45, 7) is 5.37. The molecule has 0 aliphatic carbocycles. The molecular formula is C14H22FN3. The lowest BCUT2D eigenvalue weighted by molar-refractivity contribution is 0.150. The Morgan fingerprint density at radius 2 is 2.06 bits per heavy atom. The van der Waals surface area contributed by atoms with Crippen LogP contribution in [0, 0.1) is 11.2 Å². The minimum absolute atomic E-state index is 0.217. The van der Waals surface area contributed by atoms with E-state index in [2.05, 4.69) is 24.2 Å². The van der Waals surface area contributed by atoms with Gasteiger partial charge < -0.3 is 16.0 Å². The Labute approximate surface area is 108 Å². The summed E-state index contributed by atoms with van der Waals surface area (Å²) >= 11 is 0. The van der Waals surface area contributed by atoms with E-state index in [-0.39, 0.29) is 16.9 Å². The summed E-state index contributed by atoms with van der Waals surface area (Å²) in [6, 6.07) is 4.90. The molecule has 1 aliphatic heterocycles. The molecule has 2 rings (SSSR count). The van der Waals surface area contributed by atoms with Crippen molar-refractivity contribution < 1.29 is 4.39 Å². The summed E-state index contributed by atoms with van der Waals surface area (Å²) in [4.78, 5) is 2.35. The highest BCUT2D eigenvalue weighted by molar-refractivity contribution is 5.66. The number of anilines is 2. The fourth-order valence-corrected chi connectivity index (χ4v) is 2.33. The van der Waals surface area contributed by atoms with Crippen LogP contribution in [0.3, 0.4) is 0 Å². The number of hydrogen-bond donors (Lipinski definition) is 2. The van der Waals surface area contributed by atoms with Crippen LogP contribution in [0.5, 0.6) is 0 Å². The third-order valence-electron chi connectivity index (χ3n) is 3.95. The molecule has 0 amide bonds. The lowest BCUT2D eigenvalue weighted by atomic mass is 9.80. The van der Waals surface area contributed by atoms with E-state index in [0.29, 0.717) is 5.69 Å². The van der Waals surface area contributed by atoms with Gasteiger partial charge in [0.2, 0.25) is 0 Å². The molecule has 0 radical (unpaired) electrons. The van der Waals surface area contributed by atoms with Crippen LogP contribution in [0.25, 0.3) is 0 Å². The highest BCUT2D eigenvalue weighted by atomic mass is 19.1. The monoisotopic (exact) mass is 251 g/mol. The van der Waals surface area contributed by atoms with Gasteiger partial charge >= 0.3 is 0 Å². The minimum Gasteiger partial charge on any atom is -0.395 e. The van der Waals surface area contributed by atoms with Crippen LogP contribution in [-0.2, 0) is 0 Å². The van der Waals surface area contributed by atoms with Gasteiger partial charge in [-0.25, -0.2) is 4.39 Å². The smallest absolute Gasteiger partial charge is 0.148 e. The predicted molar refractivity (Wildman–Crippen MR) is 74.1 cm³/mol. The van der Waals surface area contributed by atoms with Gasteiger partial charge in [0.1, 0.15) is 5.82 Å². The van der Waals surface area contributed by atoms with Crippen LogP contribution < -0.4 is 11.1 Å². The molecule has 100 valence electrons. The Morgan fingerprint density at radius 3 is 2.72 bits per heavy atom. The second-order valence-electron chi connectivity index (χ2n) is 5.67. The molecule has 4 heteroatoms. The third-order valence-corrected chi connectivity index (χ3v) is 3.95. The molecule has 0 saturated carbocycles. The SMILES string of the molecule is CN1CCC(C)(CNc2cccc(F)c2N)CC1. The number of nitrogens with zero attached hydrogens (tertiary/aromatic N) is 1.